The van der Waals surface area contributed by atoms with Gasteiger partial charge in [0.25, 0.3) is 5.91 Å². The fourth-order valence-corrected chi connectivity index (χ4v) is 3.39. The van der Waals surface area contributed by atoms with Crippen LogP contribution in [0, 0.1) is 0 Å². The second-order valence-electron chi connectivity index (χ2n) is 6.91. The molecule has 0 bridgehead atoms. The summed E-state index contributed by atoms with van der Waals surface area (Å²) in [6, 6.07) is 11.8. The summed E-state index contributed by atoms with van der Waals surface area (Å²) in [6.07, 6.45) is 0.139. The van der Waals surface area contributed by atoms with E-state index in [1.54, 1.807) is 49.4 Å². The molecular formula is C22H24N2O6. The number of para-hydroxylation sites is 2. The van der Waals surface area contributed by atoms with Crippen LogP contribution in [0.4, 0.5) is 11.4 Å². The molecular weight excluding hydrogens is 388 g/mol. The van der Waals surface area contributed by atoms with Crippen LogP contribution in [-0.4, -0.2) is 44.7 Å². The van der Waals surface area contributed by atoms with Crippen LogP contribution in [0.25, 0.3) is 0 Å². The fourth-order valence-electron chi connectivity index (χ4n) is 3.39. The lowest BCUT2D eigenvalue weighted by molar-refractivity contribution is -0.147. The maximum Gasteiger partial charge on any atom is 0.310 e. The number of anilines is 2. The van der Waals surface area contributed by atoms with Gasteiger partial charge in [0, 0.05) is 12.5 Å². The first-order chi connectivity index (χ1) is 14.4. The maximum atomic E-state index is 12.8. The van der Waals surface area contributed by atoms with Gasteiger partial charge in [0.2, 0.25) is 5.91 Å². The molecule has 2 aromatic rings. The second kappa shape index (κ2) is 9.30. The van der Waals surface area contributed by atoms with Gasteiger partial charge in [-0.2, -0.15) is 0 Å². The number of nitrogens with zero attached hydrogens (tertiary/aromatic N) is 1. The molecule has 0 aliphatic carbocycles. The summed E-state index contributed by atoms with van der Waals surface area (Å²) in [5, 5.41) is 2.79. The Morgan fingerprint density at radius 2 is 1.83 bits per heavy atom. The average Bonchev–Trinajstić information content (AvgIpc) is 2.86. The number of ether oxygens (including phenoxy) is 3. The van der Waals surface area contributed by atoms with Crippen LogP contribution in [0.3, 0.4) is 0 Å². The van der Waals surface area contributed by atoms with Crippen molar-refractivity contribution < 1.29 is 28.6 Å². The summed E-state index contributed by atoms with van der Waals surface area (Å²) in [5.41, 5.74) is 1.81. The number of benzene rings is 2. The van der Waals surface area contributed by atoms with E-state index in [9.17, 15) is 14.4 Å². The largest absolute Gasteiger partial charge is 0.493 e. The van der Waals surface area contributed by atoms with E-state index in [1.807, 2.05) is 0 Å². The molecule has 1 aliphatic heterocycles. The highest BCUT2D eigenvalue weighted by molar-refractivity contribution is 6.05. The molecule has 1 aliphatic rings. The van der Waals surface area contributed by atoms with Gasteiger partial charge in [0.05, 0.1) is 32.0 Å². The normalized spacial score (nSPS) is 15.5. The minimum atomic E-state index is -0.541. The molecule has 3 rings (SSSR count). The number of hydrogen-bond donors (Lipinski definition) is 1. The molecule has 0 unspecified atom stereocenters. The Morgan fingerprint density at radius 1 is 1.10 bits per heavy atom. The molecule has 158 valence electrons. The Labute approximate surface area is 174 Å². The van der Waals surface area contributed by atoms with Gasteiger partial charge in [-0.1, -0.05) is 18.2 Å². The van der Waals surface area contributed by atoms with Crippen molar-refractivity contribution in [3.05, 3.63) is 48.0 Å². The van der Waals surface area contributed by atoms with E-state index >= 15 is 0 Å². The predicted molar refractivity (Wildman–Crippen MR) is 111 cm³/mol. The average molecular weight is 412 g/mol. The molecule has 0 aromatic heterocycles. The fraction of sp³-hybridized carbons (Fsp3) is 0.318. The highest BCUT2D eigenvalue weighted by Crippen LogP contribution is 2.31. The van der Waals surface area contributed by atoms with Gasteiger partial charge in [-0.15, -0.1) is 0 Å². The van der Waals surface area contributed by atoms with Crippen LogP contribution in [0.5, 0.6) is 11.5 Å². The molecule has 8 heteroatoms. The Kier molecular flexibility index (Phi) is 6.56. The standard InChI is InChI=1S/C22H24N2O6/c1-14-10-20(25)23-16-6-4-5-7-17(16)24(14)21(26)13-30-22(27)12-15-8-9-18(28-2)19(11-15)29-3/h4-9,11,14H,10,12-13H2,1-3H3,(H,23,25)/t14-/m0/s1. The number of carbonyl (C=O) groups excluding carboxylic acids is 3. The summed E-state index contributed by atoms with van der Waals surface area (Å²) >= 11 is 0. The predicted octanol–water partition coefficient (Wildman–Crippen LogP) is 2.55. The number of rotatable bonds is 6. The number of nitrogens with one attached hydrogen (secondary N) is 1. The molecule has 2 amide bonds. The molecule has 0 fully saturated rings. The Hall–Kier alpha value is -3.55. The van der Waals surface area contributed by atoms with Crippen molar-refractivity contribution in [3.8, 4) is 11.5 Å². The summed E-state index contributed by atoms with van der Waals surface area (Å²) < 4.78 is 15.6. The van der Waals surface area contributed by atoms with E-state index in [-0.39, 0.29) is 24.8 Å². The van der Waals surface area contributed by atoms with Crippen LogP contribution in [0.2, 0.25) is 0 Å². The van der Waals surface area contributed by atoms with Crippen molar-refractivity contribution in [1.29, 1.82) is 0 Å². The Bertz CT molecular complexity index is 958. The molecule has 1 atom stereocenters. The summed E-state index contributed by atoms with van der Waals surface area (Å²) in [5.74, 6) is -0.0452. The topological polar surface area (TPSA) is 94.2 Å². The van der Waals surface area contributed by atoms with Crippen molar-refractivity contribution in [2.24, 2.45) is 0 Å². The highest BCUT2D eigenvalue weighted by Gasteiger charge is 2.30. The lowest BCUT2D eigenvalue weighted by atomic mass is 10.1. The molecule has 0 radical (unpaired) electrons. The molecule has 0 saturated carbocycles. The van der Waals surface area contributed by atoms with Gasteiger partial charge >= 0.3 is 5.97 Å². The SMILES string of the molecule is COc1ccc(CC(=O)OCC(=O)N2c3ccccc3NC(=O)C[C@@H]2C)cc1OC. The van der Waals surface area contributed by atoms with Crippen LogP contribution in [-0.2, 0) is 25.5 Å². The van der Waals surface area contributed by atoms with Crippen LogP contribution in [0.15, 0.2) is 42.5 Å². The van der Waals surface area contributed by atoms with Gasteiger partial charge in [0.1, 0.15) is 0 Å². The lowest BCUT2D eigenvalue weighted by Crippen LogP contribution is -2.41. The molecule has 0 saturated heterocycles. The van der Waals surface area contributed by atoms with E-state index in [0.29, 0.717) is 28.4 Å². The van der Waals surface area contributed by atoms with Crippen LogP contribution >= 0.6 is 0 Å². The van der Waals surface area contributed by atoms with Gasteiger partial charge < -0.3 is 24.4 Å². The first-order valence-corrected chi connectivity index (χ1v) is 9.50. The van der Waals surface area contributed by atoms with Crippen LogP contribution in [0.1, 0.15) is 18.9 Å². The van der Waals surface area contributed by atoms with Gasteiger partial charge in [-0.3, -0.25) is 14.4 Å². The molecule has 0 spiro atoms. The third kappa shape index (κ3) is 4.71. The summed E-state index contributed by atoms with van der Waals surface area (Å²) in [4.78, 5) is 38.6. The monoisotopic (exact) mass is 412 g/mol. The number of methoxy groups -OCH3 is 2. The maximum absolute atomic E-state index is 12.8. The minimum Gasteiger partial charge on any atom is -0.493 e. The third-order valence-electron chi connectivity index (χ3n) is 4.78. The smallest absolute Gasteiger partial charge is 0.310 e. The summed E-state index contributed by atoms with van der Waals surface area (Å²) in [7, 11) is 3.04. The van der Waals surface area contributed by atoms with Gasteiger partial charge in [-0.25, -0.2) is 0 Å². The first kappa shape index (κ1) is 21.2. The number of fused-ring (bicyclic) bond motifs is 1. The quantitative estimate of drug-likeness (QED) is 0.733. The van der Waals surface area contributed by atoms with E-state index in [2.05, 4.69) is 5.32 Å². The van der Waals surface area contributed by atoms with E-state index in [1.165, 1.54) is 19.1 Å². The number of hydrogen-bond acceptors (Lipinski definition) is 6. The first-order valence-electron chi connectivity index (χ1n) is 9.50. The van der Waals surface area contributed by atoms with Gasteiger partial charge in [-0.05, 0) is 36.8 Å². The van der Waals surface area contributed by atoms with E-state index in [4.69, 9.17) is 14.2 Å². The Morgan fingerprint density at radius 3 is 2.57 bits per heavy atom. The third-order valence-corrected chi connectivity index (χ3v) is 4.78. The molecule has 1 N–H and O–H groups in total. The Balaban J connectivity index is 1.66. The van der Waals surface area contributed by atoms with Crippen molar-refractivity contribution in [2.45, 2.75) is 25.8 Å². The summed E-state index contributed by atoms with van der Waals surface area (Å²) in [6.45, 7) is 1.37. The molecule has 8 nitrogen and oxygen atoms in total. The molecule has 2 aromatic carbocycles. The van der Waals surface area contributed by atoms with Gasteiger partial charge in [0.15, 0.2) is 18.1 Å². The molecule has 30 heavy (non-hydrogen) atoms. The second-order valence-corrected chi connectivity index (χ2v) is 6.91. The van der Waals surface area contributed by atoms with Crippen molar-refractivity contribution in [3.63, 3.8) is 0 Å². The van der Waals surface area contributed by atoms with Crippen molar-refractivity contribution in [1.82, 2.24) is 0 Å². The molecule has 1 heterocycles. The highest BCUT2D eigenvalue weighted by atomic mass is 16.5. The van der Waals surface area contributed by atoms with Crippen molar-refractivity contribution in [2.75, 3.05) is 31.0 Å². The van der Waals surface area contributed by atoms with E-state index < -0.39 is 18.5 Å². The lowest BCUT2D eigenvalue weighted by Gasteiger charge is -2.27. The minimum absolute atomic E-state index is 0.0141. The van der Waals surface area contributed by atoms with Crippen LogP contribution < -0.4 is 19.7 Å². The van der Waals surface area contributed by atoms with Crippen molar-refractivity contribution >= 4 is 29.2 Å². The number of carbonyl (C=O) groups is 3. The zero-order chi connectivity index (χ0) is 21.7. The zero-order valence-electron chi connectivity index (χ0n) is 17.1. The number of amides is 2. The van der Waals surface area contributed by atoms with E-state index in [0.717, 1.165) is 0 Å². The number of esters is 1. The zero-order valence-corrected chi connectivity index (χ0v) is 17.1.